The molecule has 4 aliphatic carbocycles. The number of aliphatic hydroxyl groups excluding tert-OH is 1. The van der Waals surface area contributed by atoms with E-state index in [1.807, 2.05) is 0 Å². The van der Waals surface area contributed by atoms with Gasteiger partial charge in [0.15, 0.2) is 0 Å². The van der Waals surface area contributed by atoms with Crippen LogP contribution in [0.2, 0.25) is 0 Å². The fraction of sp³-hybridized carbons (Fsp3) is 0.654. The van der Waals surface area contributed by atoms with Gasteiger partial charge < -0.3 is 9.67 Å². The van der Waals surface area contributed by atoms with Gasteiger partial charge in [-0.15, -0.1) is 0 Å². The Morgan fingerprint density at radius 1 is 1.03 bits per heavy atom. The summed E-state index contributed by atoms with van der Waals surface area (Å²) in [6.45, 7) is 5.12. The summed E-state index contributed by atoms with van der Waals surface area (Å²) in [5.41, 5.74) is 4.57. The first-order valence-corrected chi connectivity index (χ1v) is 11.8. The van der Waals surface area contributed by atoms with Crippen LogP contribution in [0.15, 0.2) is 36.7 Å². The van der Waals surface area contributed by atoms with Gasteiger partial charge in [0, 0.05) is 11.1 Å². The molecule has 0 bridgehead atoms. The van der Waals surface area contributed by atoms with Crippen LogP contribution in [0.5, 0.6) is 0 Å². The molecule has 0 saturated heterocycles. The lowest BCUT2D eigenvalue weighted by atomic mass is 9.45. The van der Waals surface area contributed by atoms with Crippen molar-refractivity contribution >= 4 is 16.7 Å². The summed E-state index contributed by atoms with van der Waals surface area (Å²) in [5.74, 6) is 3.19. The van der Waals surface area contributed by atoms with Crippen molar-refractivity contribution in [1.82, 2.24) is 9.55 Å². The molecule has 3 unspecified atom stereocenters. The highest BCUT2D eigenvalue weighted by atomic mass is 16.3. The molecule has 0 aliphatic heterocycles. The summed E-state index contributed by atoms with van der Waals surface area (Å²) >= 11 is 0. The largest absolute Gasteiger partial charge is 0.393 e. The third-order valence-electron chi connectivity index (χ3n) is 9.89. The third kappa shape index (κ3) is 2.43. The van der Waals surface area contributed by atoms with Crippen molar-refractivity contribution in [2.24, 2.45) is 34.5 Å². The summed E-state index contributed by atoms with van der Waals surface area (Å²) < 4.78 is 2.39. The fourth-order valence-electron chi connectivity index (χ4n) is 8.30. The highest BCUT2D eigenvalue weighted by Gasteiger charge is 2.58. The fourth-order valence-corrected chi connectivity index (χ4v) is 8.30. The second kappa shape index (κ2) is 6.20. The zero-order valence-corrected chi connectivity index (χ0v) is 17.8. The van der Waals surface area contributed by atoms with Crippen LogP contribution in [-0.2, 0) is 0 Å². The van der Waals surface area contributed by atoms with Crippen LogP contribution >= 0.6 is 0 Å². The lowest BCUT2D eigenvalue weighted by Gasteiger charge is -2.60. The number of hydrogen-bond acceptors (Lipinski definition) is 2. The monoisotopic (exact) mass is 390 g/mol. The molecule has 3 saturated carbocycles. The Morgan fingerprint density at radius 3 is 2.79 bits per heavy atom. The Morgan fingerprint density at radius 2 is 1.90 bits per heavy atom. The molecule has 1 aromatic carbocycles. The number of rotatable bonds is 1. The Kier molecular flexibility index (Phi) is 3.89. The van der Waals surface area contributed by atoms with Gasteiger partial charge in [0.05, 0.1) is 17.1 Å². The quantitative estimate of drug-likeness (QED) is 0.659. The molecule has 4 aliphatic rings. The molecule has 7 atom stereocenters. The van der Waals surface area contributed by atoms with Gasteiger partial charge in [-0.05, 0) is 92.6 Å². The number of aromatic nitrogens is 2. The second-order valence-corrected chi connectivity index (χ2v) is 11.0. The molecule has 0 radical (unpaired) electrons. The van der Waals surface area contributed by atoms with Crippen LogP contribution in [0.4, 0.5) is 0 Å². The molecule has 3 nitrogen and oxygen atoms in total. The average Bonchev–Trinajstić information content (AvgIpc) is 3.29. The van der Waals surface area contributed by atoms with E-state index in [0.29, 0.717) is 5.41 Å². The molecule has 6 rings (SSSR count). The zero-order chi connectivity index (χ0) is 19.8. The predicted molar refractivity (Wildman–Crippen MR) is 117 cm³/mol. The van der Waals surface area contributed by atoms with Crippen molar-refractivity contribution in [2.75, 3.05) is 0 Å². The van der Waals surface area contributed by atoms with Gasteiger partial charge in [-0.1, -0.05) is 32.1 Å². The maximum atomic E-state index is 10.3. The van der Waals surface area contributed by atoms with Crippen molar-refractivity contribution in [3.8, 4) is 0 Å². The Labute approximate surface area is 174 Å². The van der Waals surface area contributed by atoms with E-state index >= 15 is 0 Å². The molecular formula is C26H34N2O. The van der Waals surface area contributed by atoms with E-state index in [0.717, 1.165) is 42.0 Å². The molecule has 1 N–H and O–H groups in total. The molecule has 2 aromatic rings. The van der Waals surface area contributed by atoms with Crippen molar-refractivity contribution in [1.29, 1.82) is 0 Å². The van der Waals surface area contributed by atoms with E-state index in [1.54, 1.807) is 0 Å². The van der Waals surface area contributed by atoms with Crippen LogP contribution in [-0.4, -0.2) is 20.8 Å². The van der Waals surface area contributed by atoms with Gasteiger partial charge >= 0.3 is 0 Å². The number of aliphatic hydroxyl groups is 1. The number of nitrogens with zero attached hydrogens (tertiary/aromatic N) is 2. The molecule has 3 fully saturated rings. The maximum Gasteiger partial charge on any atom is 0.100 e. The third-order valence-corrected chi connectivity index (χ3v) is 9.89. The first kappa shape index (κ1) is 18.2. The number of allylic oxidation sites excluding steroid dienone is 2. The van der Waals surface area contributed by atoms with E-state index in [4.69, 9.17) is 0 Å². The Balaban J connectivity index is 1.34. The Hall–Kier alpha value is -1.61. The van der Waals surface area contributed by atoms with E-state index in [2.05, 4.69) is 60.1 Å². The topological polar surface area (TPSA) is 38.0 Å². The minimum atomic E-state index is -0.0484. The van der Waals surface area contributed by atoms with Gasteiger partial charge in [0.1, 0.15) is 6.33 Å². The molecule has 154 valence electrons. The number of fused-ring (bicyclic) bond motifs is 6. The lowest BCUT2D eigenvalue weighted by molar-refractivity contribution is -0.115. The molecule has 29 heavy (non-hydrogen) atoms. The van der Waals surface area contributed by atoms with Gasteiger partial charge in [-0.2, -0.15) is 0 Å². The van der Waals surface area contributed by atoms with E-state index in [1.165, 1.54) is 49.7 Å². The summed E-state index contributed by atoms with van der Waals surface area (Å²) in [5, 5.41) is 10.3. The average molecular weight is 391 g/mol. The summed E-state index contributed by atoms with van der Waals surface area (Å²) in [6, 6.07) is 8.55. The van der Waals surface area contributed by atoms with Crippen LogP contribution in [0.25, 0.3) is 16.7 Å². The van der Waals surface area contributed by atoms with Crippen LogP contribution in [0.3, 0.4) is 0 Å². The number of imidazole rings is 1. The van der Waals surface area contributed by atoms with E-state index in [9.17, 15) is 5.11 Å². The lowest BCUT2D eigenvalue weighted by Crippen LogP contribution is -2.53. The van der Waals surface area contributed by atoms with Gasteiger partial charge in [0.2, 0.25) is 0 Å². The van der Waals surface area contributed by atoms with Gasteiger partial charge in [-0.3, -0.25) is 0 Å². The highest BCUT2D eigenvalue weighted by Crippen LogP contribution is 2.67. The molecule has 1 heterocycles. The zero-order valence-electron chi connectivity index (χ0n) is 17.8. The predicted octanol–water partition coefficient (Wildman–Crippen LogP) is 5.89. The van der Waals surface area contributed by atoms with Crippen molar-refractivity contribution in [2.45, 2.75) is 71.3 Å². The van der Waals surface area contributed by atoms with Gasteiger partial charge in [0.25, 0.3) is 0 Å². The summed E-state index contributed by atoms with van der Waals surface area (Å²) in [7, 11) is 0. The second-order valence-electron chi connectivity index (χ2n) is 11.0. The SMILES string of the molecule is C[C@]12CCC3C(CC[C@@H]4C[C@@H](O)CC[C@]34C)C1CC=C2n1cnc2ccccc21. The maximum absolute atomic E-state index is 10.3. The minimum Gasteiger partial charge on any atom is -0.393 e. The number of benzene rings is 1. The van der Waals surface area contributed by atoms with Crippen molar-refractivity contribution < 1.29 is 5.11 Å². The molecule has 0 spiro atoms. The molecule has 0 amide bonds. The summed E-state index contributed by atoms with van der Waals surface area (Å²) in [4.78, 5) is 4.68. The number of para-hydroxylation sites is 2. The van der Waals surface area contributed by atoms with Crippen molar-refractivity contribution in [3.05, 3.63) is 36.7 Å². The number of hydrogen-bond donors (Lipinski definition) is 1. The van der Waals surface area contributed by atoms with Crippen LogP contribution < -0.4 is 0 Å². The van der Waals surface area contributed by atoms with Crippen LogP contribution in [0.1, 0.15) is 65.2 Å². The normalized spacial score (nSPS) is 44.1. The van der Waals surface area contributed by atoms with Gasteiger partial charge in [-0.25, -0.2) is 4.98 Å². The molecule has 1 aromatic heterocycles. The smallest absolute Gasteiger partial charge is 0.100 e. The van der Waals surface area contributed by atoms with Crippen LogP contribution in [0, 0.1) is 34.5 Å². The van der Waals surface area contributed by atoms with E-state index in [-0.39, 0.29) is 11.5 Å². The van der Waals surface area contributed by atoms with E-state index < -0.39 is 0 Å². The summed E-state index contributed by atoms with van der Waals surface area (Å²) in [6.07, 6.45) is 14.4. The van der Waals surface area contributed by atoms with Crippen molar-refractivity contribution in [3.63, 3.8) is 0 Å². The first-order chi connectivity index (χ1) is 14.0. The minimum absolute atomic E-state index is 0.0484. The highest BCUT2D eigenvalue weighted by molar-refractivity contribution is 5.80. The standard InChI is InChI=1S/C26H34N2O/c1-25-13-11-18(29)15-17(25)7-8-19-20-9-10-24(26(20,2)14-12-21(19)25)28-16-27-22-5-3-4-6-23(22)28/h3-6,10,16-21,29H,7-9,11-15H2,1-2H3/t17-,18+,19?,20?,21?,25+,26+/m1/s1. The molecular weight excluding hydrogens is 356 g/mol. The first-order valence-electron chi connectivity index (χ1n) is 11.8. The molecule has 3 heteroatoms. The Bertz CT molecular complexity index is 976.